The molecule has 0 fully saturated rings. The number of rotatable bonds is 1. The fourth-order valence-electron chi connectivity index (χ4n) is 0.416. The van der Waals surface area contributed by atoms with E-state index in [0.29, 0.717) is 0 Å². The summed E-state index contributed by atoms with van der Waals surface area (Å²) in [4.78, 5) is 0. The second kappa shape index (κ2) is 2.65. The van der Waals surface area contributed by atoms with Crippen molar-refractivity contribution in [2.75, 3.05) is 0 Å². The first kappa shape index (κ1) is 8.26. The van der Waals surface area contributed by atoms with Crippen molar-refractivity contribution in [3.05, 3.63) is 17.4 Å². The second-order valence-electron chi connectivity index (χ2n) is 1.54. The number of furan rings is 1. The minimum Gasteiger partial charge on any atom is -0.432 e. The van der Waals surface area contributed by atoms with Gasteiger partial charge in [0.25, 0.3) is 0 Å². The first-order valence-corrected chi connectivity index (χ1v) is 2.77. The van der Waals surface area contributed by atoms with Gasteiger partial charge in [0.2, 0.25) is 0 Å². The van der Waals surface area contributed by atoms with Crippen molar-refractivity contribution < 1.29 is 22.3 Å². The number of ether oxygens (including phenoxy) is 1. The lowest BCUT2D eigenvalue weighted by molar-refractivity contribution is -0.280. The zero-order chi connectivity index (χ0) is 8.48. The lowest BCUT2D eigenvalue weighted by Gasteiger charge is -2.03. The average molecular weight is 186 g/mol. The zero-order valence-corrected chi connectivity index (χ0v) is 5.66. The van der Waals surface area contributed by atoms with Gasteiger partial charge >= 0.3 is 12.3 Å². The Kier molecular flexibility index (Phi) is 1.99. The predicted molar refractivity (Wildman–Crippen MR) is 29.2 cm³/mol. The molecule has 0 aromatic carbocycles. The number of alkyl halides is 3. The molecule has 1 aromatic heterocycles. The number of halogens is 4. The summed E-state index contributed by atoms with van der Waals surface area (Å²) in [7, 11) is 0. The summed E-state index contributed by atoms with van der Waals surface area (Å²) >= 11 is 5.19. The number of hydrogen-bond donors (Lipinski definition) is 0. The van der Waals surface area contributed by atoms with Gasteiger partial charge in [0.1, 0.15) is 6.26 Å². The smallest absolute Gasteiger partial charge is 0.432 e. The van der Waals surface area contributed by atoms with Crippen LogP contribution in [0, 0.1) is 6.07 Å². The molecule has 11 heavy (non-hydrogen) atoms. The maximum absolute atomic E-state index is 11.4. The molecule has 0 amide bonds. The van der Waals surface area contributed by atoms with Gasteiger partial charge in [-0.05, 0) is 0 Å². The summed E-state index contributed by atoms with van der Waals surface area (Å²) in [5.74, 6) is -0.789. The molecule has 0 spiro atoms. The summed E-state index contributed by atoms with van der Waals surface area (Å²) < 4.78 is 41.7. The number of hydrogen-bond acceptors (Lipinski definition) is 2. The minimum atomic E-state index is -4.77. The lowest BCUT2D eigenvalue weighted by Crippen LogP contribution is -2.16. The van der Waals surface area contributed by atoms with E-state index < -0.39 is 12.3 Å². The van der Waals surface area contributed by atoms with Gasteiger partial charge in [0, 0.05) is 0 Å². The highest BCUT2D eigenvalue weighted by atomic mass is 35.5. The van der Waals surface area contributed by atoms with E-state index in [9.17, 15) is 13.2 Å². The fraction of sp³-hybridized carbons (Fsp3) is 0.200. The lowest BCUT2D eigenvalue weighted by atomic mass is 10.6. The van der Waals surface area contributed by atoms with Crippen molar-refractivity contribution >= 4 is 11.6 Å². The molecule has 2 nitrogen and oxygen atoms in total. The third-order valence-corrected chi connectivity index (χ3v) is 0.883. The van der Waals surface area contributed by atoms with Crippen LogP contribution in [0.4, 0.5) is 13.2 Å². The Morgan fingerprint density at radius 2 is 2.18 bits per heavy atom. The Morgan fingerprint density at radius 3 is 2.55 bits per heavy atom. The standard InChI is InChI=1S/C5HClF3O2/c6-3-1-4(10-2-3)11-5(7,8)9/h2H. The van der Waals surface area contributed by atoms with E-state index in [2.05, 4.69) is 9.15 Å². The van der Waals surface area contributed by atoms with Crippen LogP contribution in [-0.2, 0) is 0 Å². The van der Waals surface area contributed by atoms with Crippen LogP contribution in [0.2, 0.25) is 5.02 Å². The van der Waals surface area contributed by atoms with E-state index in [4.69, 9.17) is 11.6 Å². The highest BCUT2D eigenvalue weighted by molar-refractivity contribution is 6.30. The molecule has 1 radical (unpaired) electrons. The van der Waals surface area contributed by atoms with Gasteiger partial charge in [-0.3, -0.25) is 0 Å². The van der Waals surface area contributed by atoms with Crippen molar-refractivity contribution in [3.63, 3.8) is 0 Å². The summed E-state index contributed by atoms with van der Waals surface area (Å²) in [5, 5.41) is -0.0655. The Labute approximate surface area is 64.5 Å². The van der Waals surface area contributed by atoms with Crippen LogP contribution in [-0.4, -0.2) is 6.36 Å². The van der Waals surface area contributed by atoms with Crippen molar-refractivity contribution in [2.45, 2.75) is 6.36 Å². The normalized spacial score (nSPS) is 11.6. The Morgan fingerprint density at radius 1 is 1.55 bits per heavy atom. The molecule has 0 unspecified atom stereocenters. The van der Waals surface area contributed by atoms with Crippen LogP contribution < -0.4 is 4.74 Å². The van der Waals surface area contributed by atoms with Crippen LogP contribution in [0.15, 0.2) is 10.7 Å². The van der Waals surface area contributed by atoms with E-state index in [0.717, 1.165) is 6.26 Å². The van der Waals surface area contributed by atoms with Gasteiger partial charge in [0.05, 0.1) is 11.1 Å². The highest BCUT2D eigenvalue weighted by Gasteiger charge is 2.32. The van der Waals surface area contributed by atoms with E-state index in [1.165, 1.54) is 0 Å². The van der Waals surface area contributed by atoms with Crippen LogP contribution in [0.1, 0.15) is 0 Å². The van der Waals surface area contributed by atoms with E-state index >= 15 is 0 Å². The van der Waals surface area contributed by atoms with Gasteiger partial charge < -0.3 is 9.15 Å². The monoisotopic (exact) mass is 185 g/mol. The summed E-state index contributed by atoms with van der Waals surface area (Å²) in [5.41, 5.74) is 0. The van der Waals surface area contributed by atoms with Crippen LogP contribution >= 0.6 is 11.6 Å². The molecule has 0 bridgehead atoms. The molecular formula is C5HClF3O2. The molecule has 0 saturated heterocycles. The van der Waals surface area contributed by atoms with E-state index in [1.807, 2.05) is 6.07 Å². The molecule has 0 aliphatic heterocycles. The molecule has 0 atom stereocenters. The molecule has 1 heterocycles. The Hall–Kier alpha value is -0.840. The summed E-state index contributed by atoms with van der Waals surface area (Å²) in [6.07, 6.45) is -3.87. The van der Waals surface area contributed by atoms with Crippen molar-refractivity contribution in [3.8, 4) is 5.95 Å². The maximum atomic E-state index is 11.4. The summed E-state index contributed by atoms with van der Waals surface area (Å²) in [6, 6.07) is 1.99. The Balaban J connectivity index is 2.65. The van der Waals surface area contributed by atoms with Crippen LogP contribution in [0.5, 0.6) is 5.95 Å². The molecule has 0 aliphatic carbocycles. The molecule has 0 N–H and O–H groups in total. The summed E-state index contributed by atoms with van der Waals surface area (Å²) in [6.45, 7) is 0. The minimum absolute atomic E-state index is 0.0655. The molecule has 1 rings (SSSR count). The van der Waals surface area contributed by atoms with Crippen LogP contribution in [0.3, 0.4) is 0 Å². The van der Waals surface area contributed by atoms with Gasteiger partial charge in [-0.2, -0.15) is 0 Å². The SMILES string of the molecule is FC(F)(F)Oc1[c]c(Cl)co1. The fourth-order valence-corrected chi connectivity index (χ4v) is 0.538. The molecule has 61 valence electrons. The maximum Gasteiger partial charge on any atom is 0.575 e. The highest BCUT2D eigenvalue weighted by Crippen LogP contribution is 2.25. The first-order chi connectivity index (χ1) is 4.97. The molecule has 0 saturated carbocycles. The van der Waals surface area contributed by atoms with Crippen molar-refractivity contribution in [1.29, 1.82) is 0 Å². The molecule has 6 heteroatoms. The quantitative estimate of drug-likeness (QED) is 0.671. The Bertz CT molecular complexity index is 242. The topological polar surface area (TPSA) is 22.4 Å². The molecule has 0 aliphatic rings. The third kappa shape index (κ3) is 2.71. The van der Waals surface area contributed by atoms with E-state index in [1.54, 1.807) is 0 Å². The van der Waals surface area contributed by atoms with Crippen molar-refractivity contribution in [2.24, 2.45) is 0 Å². The average Bonchev–Trinajstić information content (AvgIpc) is 2.10. The largest absolute Gasteiger partial charge is 0.575 e. The van der Waals surface area contributed by atoms with Crippen LogP contribution in [0.25, 0.3) is 0 Å². The zero-order valence-electron chi connectivity index (χ0n) is 4.91. The van der Waals surface area contributed by atoms with Gasteiger partial charge in [-0.1, -0.05) is 11.6 Å². The van der Waals surface area contributed by atoms with Gasteiger partial charge in [0.15, 0.2) is 0 Å². The van der Waals surface area contributed by atoms with Crippen molar-refractivity contribution in [1.82, 2.24) is 0 Å². The second-order valence-corrected chi connectivity index (χ2v) is 1.95. The van der Waals surface area contributed by atoms with Gasteiger partial charge in [-0.15, -0.1) is 13.2 Å². The molecule has 1 aromatic rings. The first-order valence-electron chi connectivity index (χ1n) is 2.39. The predicted octanol–water partition coefficient (Wildman–Crippen LogP) is 2.63. The molecular weight excluding hydrogens is 184 g/mol. The van der Waals surface area contributed by atoms with E-state index in [-0.39, 0.29) is 5.02 Å². The third-order valence-electron chi connectivity index (χ3n) is 0.699. The van der Waals surface area contributed by atoms with Gasteiger partial charge in [-0.25, -0.2) is 0 Å².